The molecule has 0 aromatic heterocycles. The quantitative estimate of drug-likeness (QED) is 0.898. The molecule has 0 amide bonds. The molecule has 2 rings (SSSR count). The van der Waals surface area contributed by atoms with E-state index in [0.29, 0.717) is 6.04 Å². The van der Waals surface area contributed by atoms with E-state index < -0.39 is 11.7 Å². The Labute approximate surface area is 123 Å². The Morgan fingerprint density at radius 2 is 1.62 bits per heavy atom. The minimum Gasteiger partial charge on any atom is -0.375 e. The molecule has 5 heteroatoms. The highest BCUT2D eigenvalue weighted by molar-refractivity contribution is 5.26. The minimum atomic E-state index is -4.28. The van der Waals surface area contributed by atoms with Crippen molar-refractivity contribution in [3.8, 4) is 0 Å². The van der Waals surface area contributed by atoms with E-state index in [4.69, 9.17) is 4.74 Å². The highest BCUT2D eigenvalue weighted by atomic mass is 19.4. The van der Waals surface area contributed by atoms with E-state index in [2.05, 4.69) is 5.32 Å². The summed E-state index contributed by atoms with van der Waals surface area (Å²) in [7, 11) is 0. The van der Waals surface area contributed by atoms with Crippen LogP contribution in [0.2, 0.25) is 0 Å². The molecule has 0 saturated carbocycles. The van der Waals surface area contributed by atoms with Gasteiger partial charge in [-0.15, -0.1) is 0 Å². The van der Waals surface area contributed by atoms with Crippen LogP contribution in [-0.4, -0.2) is 18.2 Å². The molecule has 1 aliphatic rings. The fraction of sp³-hybridized carbons (Fsp3) is 0.625. The van der Waals surface area contributed by atoms with Gasteiger partial charge in [0.1, 0.15) is 0 Å². The van der Waals surface area contributed by atoms with Crippen molar-refractivity contribution in [2.45, 2.75) is 64.1 Å². The average molecular weight is 301 g/mol. The summed E-state index contributed by atoms with van der Waals surface area (Å²) in [5, 5.41) is 3.49. The van der Waals surface area contributed by atoms with Crippen molar-refractivity contribution in [3.63, 3.8) is 0 Å². The number of ether oxygens (including phenoxy) is 1. The number of alkyl halides is 3. The van der Waals surface area contributed by atoms with Crippen molar-refractivity contribution < 1.29 is 17.9 Å². The maximum Gasteiger partial charge on any atom is 0.416 e. The van der Waals surface area contributed by atoms with E-state index in [9.17, 15) is 13.2 Å². The first-order valence-corrected chi connectivity index (χ1v) is 7.34. The third kappa shape index (κ3) is 4.45. The van der Waals surface area contributed by atoms with Gasteiger partial charge in [-0.2, -0.15) is 13.2 Å². The summed E-state index contributed by atoms with van der Waals surface area (Å²) in [4.78, 5) is 0. The molecule has 1 aromatic rings. The largest absolute Gasteiger partial charge is 0.416 e. The first-order valence-electron chi connectivity index (χ1n) is 7.34. The van der Waals surface area contributed by atoms with Crippen molar-refractivity contribution in [2.24, 2.45) is 0 Å². The molecule has 1 aliphatic heterocycles. The van der Waals surface area contributed by atoms with Gasteiger partial charge in [0.25, 0.3) is 0 Å². The van der Waals surface area contributed by atoms with Crippen molar-refractivity contribution in [1.29, 1.82) is 0 Å². The van der Waals surface area contributed by atoms with Crippen LogP contribution in [0.1, 0.15) is 50.8 Å². The number of hydrogen-bond acceptors (Lipinski definition) is 2. The Bertz CT molecular complexity index is 448. The summed E-state index contributed by atoms with van der Waals surface area (Å²) in [6, 6.07) is 5.74. The van der Waals surface area contributed by atoms with Gasteiger partial charge >= 0.3 is 6.18 Å². The van der Waals surface area contributed by atoms with Crippen molar-refractivity contribution >= 4 is 0 Å². The van der Waals surface area contributed by atoms with Gasteiger partial charge in [-0.3, -0.25) is 0 Å². The normalized spacial score (nSPS) is 28.4. The number of halogens is 3. The lowest BCUT2D eigenvalue weighted by Gasteiger charge is -2.34. The molecule has 118 valence electrons. The molecule has 0 bridgehead atoms. The van der Waals surface area contributed by atoms with Gasteiger partial charge in [0.05, 0.1) is 17.8 Å². The van der Waals surface area contributed by atoms with Crippen molar-refractivity contribution in [1.82, 2.24) is 5.32 Å². The van der Waals surface area contributed by atoms with Crippen LogP contribution in [0.15, 0.2) is 24.3 Å². The Balaban J connectivity index is 1.98. The highest BCUT2D eigenvalue weighted by Gasteiger charge is 2.30. The van der Waals surface area contributed by atoms with Crippen LogP contribution in [0, 0.1) is 0 Å². The monoisotopic (exact) mass is 301 g/mol. The third-order valence-corrected chi connectivity index (χ3v) is 3.92. The summed E-state index contributed by atoms with van der Waals surface area (Å²) in [5.41, 5.74) is 0.265. The van der Waals surface area contributed by atoms with Gasteiger partial charge in [0.2, 0.25) is 0 Å². The molecule has 0 aliphatic carbocycles. The van der Waals surface area contributed by atoms with Gasteiger partial charge < -0.3 is 10.1 Å². The molecular formula is C16H22F3NO. The molecule has 3 atom stereocenters. The van der Waals surface area contributed by atoms with E-state index in [1.165, 1.54) is 0 Å². The number of benzene rings is 1. The first kappa shape index (κ1) is 16.3. The molecule has 3 unspecified atom stereocenters. The van der Waals surface area contributed by atoms with E-state index in [1.807, 2.05) is 20.8 Å². The average Bonchev–Trinajstić information content (AvgIpc) is 2.36. The van der Waals surface area contributed by atoms with Crippen LogP contribution in [-0.2, 0) is 10.9 Å². The van der Waals surface area contributed by atoms with Crippen molar-refractivity contribution in [2.75, 3.05) is 0 Å². The summed E-state index contributed by atoms with van der Waals surface area (Å²) in [6.07, 6.45) is -2.00. The molecular weight excluding hydrogens is 279 g/mol. The molecule has 21 heavy (non-hydrogen) atoms. The smallest absolute Gasteiger partial charge is 0.375 e. The number of rotatable bonds is 3. The van der Waals surface area contributed by atoms with Crippen LogP contribution in [0.25, 0.3) is 0 Å². The van der Waals surface area contributed by atoms with Gasteiger partial charge in [-0.05, 0) is 51.3 Å². The van der Waals surface area contributed by atoms with E-state index in [0.717, 1.165) is 30.5 Å². The second kappa shape index (κ2) is 6.36. The van der Waals surface area contributed by atoms with Gasteiger partial charge in [-0.1, -0.05) is 12.1 Å². The predicted octanol–water partition coefficient (Wildman–Crippen LogP) is 4.31. The van der Waals surface area contributed by atoms with Crippen LogP contribution in [0.3, 0.4) is 0 Å². The highest BCUT2D eigenvalue weighted by Crippen LogP contribution is 2.30. The SMILES string of the molecule is CC1CC(NC(C)c2ccc(C(F)(F)F)cc2)CC(C)O1. The molecule has 1 N–H and O–H groups in total. The lowest BCUT2D eigenvalue weighted by Crippen LogP contribution is -2.42. The Morgan fingerprint density at radius 1 is 1.10 bits per heavy atom. The maximum atomic E-state index is 12.5. The Morgan fingerprint density at radius 3 is 2.10 bits per heavy atom. The zero-order valence-electron chi connectivity index (χ0n) is 12.6. The topological polar surface area (TPSA) is 21.3 Å². The zero-order valence-corrected chi connectivity index (χ0v) is 12.6. The fourth-order valence-electron chi connectivity index (χ4n) is 2.95. The lowest BCUT2D eigenvalue weighted by atomic mass is 9.97. The molecule has 1 fully saturated rings. The van der Waals surface area contributed by atoms with Crippen LogP contribution in [0.5, 0.6) is 0 Å². The molecule has 0 spiro atoms. The van der Waals surface area contributed by atoms with Crippen molar-refractivity contribution in [3.05, 3.63) is 35.4 Å². The molecule has 1 heterocycles. The van der Waals surface area contributed by atoms with Gasteiger partial charge in [-0.25, -0.2) is 0 Å². The molecule has 1 aromatic carbocycles. The summed E-state index contributed by atoms with van der Waals surface area (Å²) < 4.78 is 43.3. The summed E-state index contributed by atoms with van der Waals surface area (Å²) in [5.74, 6) is 0. The summed E-state index contributed by atoms with van der Waals surface area (Å²) >= 11 is 0. The van der Waals surface area contributed by atoms with Gasteiger partial charge in [0.15, 0.2) is 0 Å². The minimum absolute atomic E-state index is 0.0229. The van der Waals surface area contributed by atoms with Gasteiger partial charge in [0, 0.05) is 12.1 Å². The summed E-state index contributed by atoms with van der Waals surface area (Å²) in [6.45, 7) is 6.08. The standard InChI is InChI=1S/C16H22F3NO/c1-10-8-15(9-11(2)21-10)20-12(3)13-4-6-14(7-5-13)16(17,18)19/h4-7,10-12,15,20H,8-9H2,1-3H3. The maximum absolute atomic E-state index is 12.5. The van der Waals surface area contributed by atoms with Crippen LogP contribution >= 0.6 is 0 Å². The fourth-order valence-corrected chi connectivity index (χ4v) is 2.95. The molecule has 0 radical (unpaired) electrons. The Hall–Kier alpha value is -1.07. The second-order valence-corrected chi connectivity index (χ2v) is 5.93. The zero-order chi connectivity index (χ0) is 15.6. The second-order valence-electron chi connectivity index (χ2n) is 5.93. The van der Waals surface area contributed by atoms with E-state index in [-0.39, 0.29) is 18.2 Å². The van der Waals surface area contributed by atoms with E-state index in [1.54, 1.807) is 12.1 Å². The number of hydrogen-bond donors (Lipinski definition) is 1. The van der Waals surface area contributed by atoms with Crippen LogP contribution in [0.4, 0.5) is 13.2 Å². The van der Waals surface area contributed by atoms with E-state index >= 15 is 0 Å². The number of nitrogens with one attached hydrogen (secondary N) is 1. The molecule has 1 saturated heterocycles. The lowest BCUT2D eigenvalue weighted by molar-refractivity contribution is -0.137. The predicted molar refractivity (Wildman–Crippen MR) is 76.0 cm³/mol. The van der Waals surface area contributed by atoms with Crippen LogP contribution < -0.4 is 5.32 Å². The Kier molecular flexibility index (Phi) is 4.94. The first-order chi connectivity index (χ1) is 9.75. The molecule has 2 nitrogen and oxygen atoms in total. The third-order valence-electron chi connectivity index (χ3n) is 3.92.